The van der Waals surface area contributed by atoms with Crippen molar-refractivity contribution in [1.82, 2.24) is 4.90 Å². The van der Waals surface area contributed by atoms with Gasteiger partial charge in [0.15, 0.2) is 11.5 Å². The van der Waals surface area contributed by atoms with Crippen LogP contribution in [0.15, 0.2) is 17.0 Å². The first-order chi connectivity index (χ1) is 11.4. The number of hydrogen-bond acceptors (Lipinski definition) is 7. The summed E-state index contributed by atoms with van der Waals surface area (Å²) in [6, 6.07) is 2.56. The Morgan fingerprint density at radius 2 is 1.96 bits per heavy atom. The molecule has 24 heavy (non-hydrogen) atoms. The lowest BCUT2D eigenvalue weighted by atomic mass is 10.1. The molecule has 0 saturated carbocycles. The lowest BCUT2D eigenvalue weighted by Crippen LogP contribution is -2.28. The number of hydrogen-bond donors (Lipinski definition) is 0. The molecule has 2 rings (SSSR count). The Labute approximate surface area is 141 Å². The zero-order chi connectivity index (χ0) is 17.9. The Morgan fingerprint density at radius 1 is 1.33 bits per heavy atom. The van der Waals surface area contributed by atoms with Crippen molar-refractivity contribution in [3.8, 4) is 23.8 Å². The molecule has 124 valence electrons. The molecular formula is C15H12N2O6S. The van der Waals surface area contributed by atoms with Crippen LogP contribution in [0.4, 0.5) is 10.5 Å². The van der Waals surface area contributed by atoms with Crippen molar-refractivity contribution in [3.05, 3.63) is 32.7 Å². The van der Waals surface area contributed by atoms with E-state index in [0.717, 1.165) is 4.90 Å². The number of nitro groups is 1. The van der Waals surface area contributed by atoms with Crippen molar-refractivity contribution in [2.75, 3.05) is 20.8 Å². The van der Waals surface area contributed by atoms with Crippen LogP contribution in [-0.4, -0.2) is 41.7 Å². The highest BCUT2D eigenvalue weighted by molar-refractivity contribution is 8.18. The van der Waals surface area contributed by atoms with Gasteiger partial charge in [-0.25, -0.2) is 0 Å². The standard InChI is InChI=1S/C15H12N2O6S/c1-4-5-16-14(18)13(24-15(16)19)7-9-6-11(22-2)12(23-3)8-10(9)17(20)21/h1,6-8H,5H2,2-3H3. The smallest absolute Gasteiger partial charge is 0.294 e. The topological polar surface area (TPSA) is 99.0 Å². The highest BCUT2D eigenvalue weighted by atomic mass is 32.2. The monoisotopic (exact) mass is 348 g/mol. The van der Waals surface area contributed by atoms with Crippen molar-refractivity contribution in [1.29, 1.82) is 0 Å². The van der Waals surface area contributed by atoms with Gasteiger partial charge in [-0.2, -0.15) is 0 Å². The second kappa shape index (κ2) is 7.06. The number of amides is 2. The summed E-state index contributed by atoms with van der Waals surface area (Å²) in [7, 11) is 2.74. The molecule has 0 atom stereocenters. The van der Waals surface area contributed by atoms with E-state index in [0.29, 0.717) is 11.8 Å². The van der Waals surface area contributed by atoms with Crippen LogP contribution in [0.1, 0.15) is 5.56 Å². The molecule has 0 radical (unpaired) electrons. The molecule has 2 amide bonds. The molecule has 1 saturated heterocycles. The van der Waals surface area contributed by atoms with Crippen LogP contribution in [0.5, 0.6) is 11.5 Å². The van der Waals surface area contributed by atoms with Crippen LogP contribution < -0.4 is 9.47 Å². The Kier molecular flexibility index (Phi) is 5.11. The molecule has 0 aliphatic carbocycles. The van der Waals surface area contributed by atoms with Crippen LogP contribution in [0.2, 0.25) is 0 Å². The lowest BCUT2D eigenvalue weighted by molar-refractivity contribution is -0.385. The molecule has 1 heterocycles. The molecule has 1 aromatic carbocycles. The first kappa shape index (κ1) is 17.4. The molecule has 8 nitrogen and oxygen atoms in total. The fourth-order valence-electron chi connectivity index (χ4n) is 2.03. The van der Waals surface area contributed by atoms with Crippen LogP contribution >= 0.6 is 11.8 Å². The van der Waals surface area contributed by atoms with E-state index >= 15 is 0 Å². The molecule has 1 aromatic rings. The van der Waals surface area contributed by atoms with E-state index in [4.69, 9.17) is 15.9 Å². The van der Waals surface area contributed by atoms with Crippen molar-refractivity contribution < 1.29 is 24.0 Å². The third-order valence-electron chi connectivity index (χ3n) is 3.14. The molecular weight excluding hydrogens is 336 g/mol. The fraction of sp³-hybridized carbons (Fsp3) is 0.200. The predicted molar refractivity (Wildman–Crippen MR) is 87.7 cm³/mol. The minimum atomic E-state index is -0.612. The predicted octanol–water partition coefficient (Wildman–Crippen LogP) is 2.28. The summed E-state index contributed by atoms with van der Waals surface area (Å²) in [6.07, 6.45) is 6.39. The van der Waals surface area contributed by atoms with E-state index in [1.807, 2.05) is 0 Å². The number of rotatable bonds is 5. The Bertz CT molecular complexity index is 796. The molecule has 0 aromatic heterocycles. The quantitative estimate of drug-likeness (QED) is 0.348. The number of carbonyl (C=O) groups excluding carboxylic acids is 2. The van der Waals surface area contributed by atoms with Crippen molar-refractivity contribution in [2.45, 2.75) is 0 Å². The summed E-state index contributed by atoms with van der Waals surface area (Å²) >= 11 is 0.669. The number of nitrogens with zero attached hydrogens (tertiary/aromatic N) is 2. The molecule has 0 N–H and O–H groups in total. The lowest BCUT2D eigenvalue weighted by Gasteiger charge is -2.09. The Hall–Kier alpha value is -2.99. The SMILES string of the molecule is C#CCN1C(=O)SC(=Cc2cc(OC)c(OC)cc2[N+](=O)[O-])C1=O. The van der Waals surface area contributed by atoms with E-state index in [1.165, 1.54) is 32.4 Å². The second-order valence-corrected chi connectivity index (χ2v) is 5.49. The van der Waals surface area contributed by atoms with Crippen LogP contribution in [0, 0.1) is 22.5 Å². The van der Waals surface area contributed by atoms with E-state index in [9.17, 15) is 19.7 Å². The Balaban J connectivity index is 2.53. The fourth-order valence-corrected chi connectivity index (χ4v) is 2.86. The summed E-state index contributed by atoms with van der Waals surface area (Å²) in [4.78, 5) is 35.5. The van der Waals surface area contributed by atoms with Crippen molar-refractivity contribution in [3.63, 3.8) is 0 Å². The molecule has 0 bridgehead atoms. The van der Waals surface area contributed by atoms with E-state index in [-0.39, 0.29) is 34.2 Å². The Morgan fingerprint density at radius 3 is 2.50 bits per heavy atom. The highest BCUT2D eigenvalue weighted by Gasteiger charge is 2.35. The highest BCUT2D eigenvalue weighted by Crippen LogP contribution is 2.38. The van der Waals surface area contributed by atoms with Crippen LogP contribution in [-0.2, 0) is 4.79 Å². The number of benzene rings is 1. The third kappa shape index (κ3) is 3.18. The maximum absolute atomic E-state index is 12.2. The largest absolute Gasteiger partial charge is 0.493 e. The van der Waals surface area contributed by atoms with Gasteiger partial charge in [0.1, 0.15) is 0 Å². The van der Waals surface area contributed by atoms with Crippen LogP contribution in [0.3, 0.4) is 0 Å². The number of carbonyl (C=O) groups is 2. The van der Waals surface area contributed by atoms with E-state index < -0.39 is 16.1 Å². The van der Waals surface area contributed by atoms with Gasteiger partial charge in [0.2, 0.25) is 0 Å². The average Bonchev–Trinajstić information content (AvgIpc) is 2.82. The number of nitro benzene ring substituents is 1. The molecule has 1 fully saturated rings. The van der Waals surface area contributed by atoms with E-state index in [1.54, 1.807) is 0 Å². The first-order valence-corrected chi connectivity index (χ1v) is 7.33. The van der Waals surface area contributed by atoms with Gasteiger partial charge in [0, 0.05) is 0 Å². The summed E-state index contributed by atoms with van der Waals surface area (Å²) in [6.45, 7) is -0.157. The van der Waals surface area contributed by atoms with Crippen molar-refractivity contribution in [2.24, 2.45) is 0 Å². The van der Waals surface area contributed by atoms with Crippen molar-refractivity contribution >= 4 is 34.7 Å². The van der Waals surface area contributed by atoms with Crippen LogP contribution in [0.25, 0.3) is 6.08 Å². The van der Waals surface area contributed by atoms with Gasteiger partial charge in [0.05, 0.1) is 42.2 Å². The number of ether oxygens (including phenoxy) is 2. The average molecular weight is 348 g/mol. The zero-order valence-corrected chi connectivity index (χ0v) is 13.6. The summed E-state index contributed by atoms with van der Waals surface area (Å²) in [5, 5.41) is 10.7. The molecule has 1 aliphatic heterocycles. The molecule has 1 aliphatic rings. The van der Waals surface area contributed by atoms with Gasteiger partial charge < -0.3 is 9.47 Å². The number of methoxy groups -OCH3 is 2. The maximum atomic E-state index is 12.2. The van der Waals surface area contributed by atoms with Gasteiger partial charge in [-0.05, 0) is 23.9 Å². The number of imide groups is 1. The number of thioether (sulfide) groups is 1. The van der Waals surface area contributed by atoms with E-state index in [2.05, 4.69) is 5.92 Å². The zero-order valence-electron chi connectivity index (χ0n) is 12.8. The summed E-state index contributed by atoms with van der Waals surface area (Å²) in [5.74, 6) is 2.07. The minimum Gasteiger partial charge on any atom is -0.493 e. The van der Waals surface area contributed by atoms with Gasteiger partial charge in [-0.1, -0.05) is 5.92 Å². The minimum absolute atomic E-state index is 0.0468. The molecule has 0 unspecified atom stereocenters. The number of terminal acetylenes is 1. The van der Waals surface area contributed by atoms with Gasteiger partial charge in [0.25, 0.3) is 16.8 Å². The molecule has 0 spiro atoms. The van der Waals surface area contributed by atoms with Gasteiger partial charge in [-0.3, -0.25) is 24.6 Å². The molecule has 9 heteroatoms. The van der Waals surface area contributed by atoms with Gasteiger partial charge in [-0.15, -0.1) is 6.42 Å². The first-order valence-electron chi connectivity index (χ1n) is 6.52. The summed E-state index contributed by atoms with van der Waals surface area (Å²) < 4.78 is 10.1. The second-order valence-electron chi connectivity index (χ2n) is 4.50. The maximum Gasteiger partial charge on any atom is 0.294 e. The van der Waals surface area contributed by atoms with Gasteiger partial charge >= 0.3 is 0 Å². The summed E-state index contributed by atoms with van der Waals surface area (Å²) in [5.41, 5.74) is -0.166. The normalized spacial score (nSPS) is 15.5. The third-order valence-corrected chi connectivity index (χ3v) is 4.05.